The summed E-state index contributed by atoms with van der Waals surface area (Å²) in [5.74, 6) is 0. The van der Waals surface area contributed by atoms with Crippen LogP contribution in [0.1, 0.15) is 26.3 Å². The van der Waals surface area contributed by atoms with Crippen molar-refractivity contribution in [1.29, 1.82) is 0 Å². The lowest BCUT2D eigenvalue weighted by atomic mass is 9.87. The second kappa shape index (κ2) is 9.12. The Morgan fingerprint density at radius 2 is 1.06 bits per heavy atom. The van der Waals surface area contributed by atoms with Gasteiger partial charge in [-0.05, 0) is 81.4 Å². The molecule has 0 aliphatic heterocycles. The maximum Gasteiger partial charge on any atom is 0.0468 e. The third kappa shape index (κ3) is 4.64. The molecule has 0 aromatic heterocycles. The molecular formula is C32H28BrN. The van der Waals surface area contributed by atoms with E-state index >= 15 is 0 Å². The third-order valence-electron chi connectivity index (χ3n) is 6.27. The van der Waals surface area contributed by atoms with Crippen LogP contribution >= 0.6 is 15.9 Å². The predicted octanol–water partition coefficient (Wildman–Crippen LogP) is 10.0. The van der Waals surface area contributed by atoms with E-state index in [0.717, 1.165) is 21.5 Å². The molecule has 0 fully saturated rings. The minimum absolute atomic E-state index is 0.122. The van der Waals surface area contributed by atoms with Crippen LogP contribution in [0.2, 0.25) is 0 Å². The van der Waals surface area contributed by atoms with E-state index in [1.807, 2.05) is 0 Å². The summed E-state index contributed by atoms with van der Waals surface area (Å²) in [6, 6.07) is 41.4. The van der Waals surface area contributed by atoms with Gasteiger partial charge in [-0.2, -0.15) is 0 Å². The number of halogens is 1. The van der Waals surface area contributed by atoms with Crippen LogP contribution < -0.4 is 4.90 Å². The topological polar surface area (TPSA) is 3.24 Å². The van der Waals surface area contributed by atoms with Gasteiger partial charge in [0.05, 0.1) is 0 Å². The van der Waals surface area contributed by atoms with Gasteiger partial charge in [-0.3, -0.25) is 0 Å². The number of hydrogen-bond donors (Lipinski definition) is 0. The third-order valence-corrected chi connectivity index (χ3v) is 6.76. The highest BCUT2D eigenvalue weighted by molar-refractivity contribution is 9.10. The largest absolute Gasteiger partial charge is 0.310 e. The summed E-state index contributed by atoms with van der Waals surface area (Å²) in [5.41, 5.74) is 7.33. The molecule has 5 rings (SSSR count). The predicted molar refractivity (Wildman–Crippen MR) is 150 cm³/mol. The molecule has 2 heteroatoms. The first-order chi connectivity index (χ1) is 16.4. The van der Waals surface area contributed by atoms with E-state index in [0.29, 0.717) is 0 Å². The van der Waals surface area contributed by atoms with Crippen LogP contribution in [-0.4, -0.2) is 0 Å². The quantitative estimate of drug-likeness (QED) is 0.234. The summed E-state index contributed by atoms with van der Waals surface area (Å²) in [6.45, 7) is 6.76. The normalized spacial score (nSPS) is 11.5. The monoisotopic (exact) mass is 505 g/mol. The van der Waals surface area contributed by atoms with Gasteiger partial charge in [0.15, 0.2) is 0 Å². The first-order valence-corrected chi connectivity index (χ1v) is 12.4. The van der Waals surface area contributed by atoms with Gasteiger partial charge in [-0.25, -0.2) is 0 Å². The molecule has 0 saturated carbocycles. The van der Waals surface area contributed by atoms with Crippen LogP contribution in [0.3, 0.4) is 0 Å². The first kappa shape index (κ1) is 22.4. The molecule has 0 saturated heterocycles. The molecule has 0 N–H and O–H groups in total. The van der Waals surface area contributed by atoms with E-state index in [9.17, 15) is 0 Å². The van der Waals surface area contributed by atoms with Crippen LogP contribution in [0.5, 0.6) is 0 Å². The second-order valence-corrected chi connectivity index (χ2v) is 10.6. The summed E-state index contributed by atoms with van der Waals surface area (Å²) in [4.78, 5) is 2.34. The molecule has 168 valence electrons. The first-order valence-electron chi connectivity index (χ1n) is 11.6. The van der Waals surface area contributed by atoms with Gasteiger partial charge in [0.2, 0.25) is 0 Å². The van der Waals surface area contributed by atoms with Crippen molar-refractivity contribution >= 4 is 43.8 Å². The molecular weight excluding hydrogens is 478 g/mol. The van der Waals surface area contributed by atoms with Crippen LogP contribution in [0.15, 0.2) is 120 Å². The Morgan fingerprint density at radius 1 is 0.529 bits per heavy atom. The molecule has 0 heterocycles. The van der Waals surface area contributed by atoms with Gasteiger partial charge < -0.3 is 4.90 Å². The van der Waals surface area contributed by atoms with Crippen LogP contribution in [0, 0.1) is 0 Å². The minimum atomic E-state index is 0.122. The van der Waals surface area contributed by atoms with Gasteiger partial charge in [-0.15, -0.1) is 0 Å². The summed E-state index contributed by atoms with van der Waals surface area (Å²) in [5, 5.41) is 2.44. The standard InChI is InChI=1S/C32H28BrN/c1-32(2,3)27-13-19-30(20-14-27)34(31-18-12-25-21-28(33)15-9-26(25)22-31)29-16-10-24(11-17-29)23-7-5-4-6-8-23/h4-22H,1-3H3. The van der Waals surface area contributed by atoms with E-state index in [2.05, 4.69) is 157 Å². The number of nitrogens with zero attached hydrogens (tertiary/aromatic N) is 1. The van der Waals surface area contributed by atoms with E-state index in [1.165, 1.54) is 27.5 Å². The fraction of sp³-hybridized carbons (Fsp3) is 0.125. The summed E-state index contributed by atoms with van der Waals surface area (Å²) in [6.07, 6.45) is 0. The van der Waals surface area contributed by atoms with E-state index in [4.69, 9.17) is 0 Å². The highest BCUT2D eigenvalue weighted by Gasteiger charge is 2.17. The van der Waals surface area contributed by atoms with Gasteiger partial charge in [0.25, 0.3) is 0 Å². The van der Waals surface area contributed by atoms with Crippen molar-refractivity contribution in [2.24, 2.45) is 0 Å². The molecule has 0 spiro atoms. The highest BCUT2D eigenvalue weighted by atomic mass is 79.9. The summed E-state index contributed by atoms with van der Waals surface area (Å²) < 4.78 is 1.10. The van der Waals surface area contributed by atoms with Gasteiger partial charge in [0.1, 0.15) is 0 Å². The Labute approximate surface area is 210 Å². The zero-order chi connectivity index (χ0) is 23.7. The average Bonchev–Trinajstić information content (AvgIpc) is 2.85. The van der Waals surface area contributed by atoms with Crippen LogP contribution in [-0.2, 0) is 5.41 Å². The lowest BCUT2D eigenvalue weighted by molar-refractivity contribution is 0.590. The van der Waals surface area contributed by atoms with E-state index in [1.54, 1.807) is 0 Å². The number of anilines is 3. The van der Waals surface area contributed by atoms with Crippen molar-refractivity contribution in [2.75, 3.05) is 4.90 Å². The Hall–Kier alpha value is -3.36. The maximum absolute atomic E-state index is 3.59. The van der Waals surface area contributed by atoms with Crippen molar-refractivity contribution in [3.63, 3.8) is 0 Å². The zero-order valence-electron chi connectivity index (χ0n) is 19.8. The molecule has 0 aliphatic carbocycles. The fourth-order valence-electron chi connectivity index (χ4n) is 4.33. The van der Waals surface area contributed by atoms with Crippen molar-refractivity contribution in [3.05, 3.63) is 125 Å². The van der Waals surface area contributed by atoms with Gasteiger partial charge in [0, 0.05) is 21.5 Å². The zero-order valence-corrected chi connectivity index (χ0v) is 21.4. The Morgan fingerprint density at radius 3 is 1.71 bits per heavy atom. The smallest absolute Gasteiger partial charge is 0.0468 e. The lowest BCUT2D eigenvalue weighted by Crippen LogP contribution is -2.13. The van der Waals surface area contributed by atoms with Gasteiger partial charge >= 0.3 is 0 Å². The van der Waals surface area contributed by atoms with Gasteiger partial charge in [-0.1, -0.05) is 103 Å². The maximum atomic E-state index is 3.59. The summed E-state index contributed by atoms with van der Waals surface area (Å²) in [7, 11) is 0. The Balaban J connectivity index is 1.60. The molecule has 5 aromatic rings. The molecule has 5 aromatic carbocycles. The van der Waals surface area contributed by atoms with E-state index < -0.39 is 0 Å². The SMILES string of the molecule is CC(C)(C)c1ccc(N(c2ccc(-c3ccccc3)cc2)c2ccc3cc(Br)ccc3c2)cc1. The molecule has 0 unspecified atom stereocenters. The highest BCUT2D eigenvalue weighted by Crippen LogP contribution is 2.38. The number of benzene rings is 5. The van der Waals surface area contributed by atoms with Crippen molar-refractivity contribution < 1.29 is 0 Å². The van der Waals surface area contributed by atoms with Crippen LogP contribution in [0.4, 0.5) is 17.1 Å². The van der Waals surface area contributed by atoms with Crippen molar-refractivity contribution in [1.82, 2.24) is 0 Å². The number of rotatable bonds is 4. The number of fused-ring (bicyclic) bond motifs is 1. The van der Waals surface area contributed by atoms with Crippen molar-refractivity contribution in [2.45, 2.75) is 26.2 Å². The lowest BCUT2D eigenvalue weighted by Gasteiger charge is -2.27. The van der Waals surface area contributed by atoms with E-state index in [-0.39, 0.29) is 5.41 Å². The molecule has 0 radical (unpaired) electrons. The molecule has 0 bridgehead atoms. The molecule has 0 atom stereocenters. The average molecular weight is 506 g/mol. The molecule has 0 amide bonds. The summed E-state index contributed by atoms with van der Waals surface area (Å²) >= 11 is 3.59. The van der Waals surface area contributed by atoms with Crippen molar-refractivity contribution in [3.8, 4) is 11.1 Å². The van der Waals surface area contributed by atoms with Crippen LogP contribution in [0.25, 0.3) is 21.9 Å². The number of hydrogen-bond acceptors (Lipinski definition) is 1. The molecule has 34 heavy (non-hydrogen) atoms. The fourth-order valence-corrected chi connectivity index (χ4v) is 4.71. The molecule has 0 aliphatic rings. The molecule has 1 nitrogen and oxygen atoms in total. The minimum Gasteiger partial charge on any atom is -0.310 e. The Kier molecular flexibility index (Phi) is 6.02. The second-order valence-electron chi connectivity index (χ2n) is 9.72. The Bertz CT molecular complexity index is 1410.